The minimum absolute atomic E-state index is 0.0316. The van der Waals surface area contributed by atoms with Gasteiger partial charge in [-0.3, -0.25) is 0 Å². The summed E-state index contributed by atoms with van der Waals surface area (Å²) in [4.78, 5) is 0. The Kier molecular flexibility index (Phi) is 5.28. The number of benzene rings is 1. The average molecular weight is 331 g/mol. The highest BCUT2D eigenvalue weighted by Gasteiger charge is 2.28. The number of alkyl halides is 3. The fourth-order valence-electron chi connectivity index (χ4n) is 1.54. The maximum absolute atomic E-state index is 12.2. The van der Waals surface area contributed by atoms with Gasteiger partial charge in [-0.2, -0.15) is 13.2 Å². The second-order valence-corrected chi connectivity index (χ2v) is 4.98. The number of hydrogen-bond donors (Lipinski definition) is 1. The van der Waals surface area contributed by atoms with Crippen molar-refractivity contribution in [3.05, 3.63) is 33.3 Å². The lowest BCUT2D eigenvalue weighted by molar-refractivity contribution is -0.136. The molecule has 0 radical (unpaired) electrons. The molecule has 1 aromatic rings. The van der Waals surface area contributed by atoms with Crippen LogP contribution in [0.3, 0.4) is 0 Å². The van der Waals surface area contributed by atoms with Gasteiger partial charge >= 0.3 is 6.18 Å². The van der Waals surface area contributed by atoms with E-state index in [9.17, 15) is 13.2 Å². The standard InChI is InChI=1S/C11H12BrClF3N/c1-17-10(4-5-11(14,15)16)8-6-7(12)2-3-9(8)13/h2-3,6,10,17H,4-5H2,1H3. The fourth-order valence-corrected chi connectivity index (χ4v) is 2.17. The lowest BCUT2D eigenvalue weighted by Gasteiger charge is -2.19. The van der Waals surface area contributed by atoms with Gasteiger partial charge in [0.1, 0.15) is 0 Å². The van der Waals surface area contributed by atoms with Crippen molar-refractivity contribution in [1.82, 2.24) is 5.32 Å². The van der Waals surface area contributed by atoms with E-state index in [1.807, 2.05) is 0 Å². The number of rotatable bonds is 4. The molecule has 0 aliphatic carbocycles. The largest absolute Gasteiger partial charge is 0.389 e. The van der Waals surface area contributed by atoms with Crippen molar-refractivity contribution in [3.63, 3.8) is 0 Å². The molecule has 1 rings (SSSR count). The monoisotopic (exact) mass is 329 g/mol. The van der Waals surface area contributed by atoms with Crippen LogP contribution in [0, 0.1) is 0 Å². The molecule has 1 atom stereocenters. The molecule has 0 bridgehead atoms. The summed E-state index contributed by atoms with van der Waals surface area (Å²) in [5.74, 6) is 0. The third-order valence-electron chi connectivity index (χ3n) is 2.40. The highest BCUT2D eigenvalue weighted by atomic mass is 79.9. The van der Waals surface area contributed by atoms with Gasteiger partial charge in [0.05, 0.1) is 0 Å². The van der Waals surface area contributed by atoms with Crippen molar-refractivity contribution in [2.24, 2.45) is 0 Å². The molecule has 1 nitrogen and oxygen atoms in total. The summed E-state index contributed by atoms with van der Waals surface area (Å²) in [7, 11) is 1.62. The van der Waals surface area contributed by atoms with Crippen LogP contribution in [0.5, 0.6) is 0 Å². The molecule has 0 aliphatic heterocycles. The molecule has 1 N–H and O–H groups in total. The van der Waals surface area contributed by atoms with Gasteiger partial charge in [0.2, 0.25) is 0 Å². The van der Waals surface area contributed by atoms with Gasteiger partial charge in [-0.25, -0.2) is 0 Å². The molecular weight excluding hydrogens is 318 g/mol. The van der Waals surface area contributed by atoms with Gasteiger partial charge in [0.25, 0.3) is 0 Å². The maximum atomic E-state index is 12.2. The predicted molar refractivity (Wildman–Crippen MR) is 66.2 cm³/mol. The molecule has 0 heterocycles. The Morgan fingerprint density at radius 2 is 2.06 bits per heavy atom. The van der Waals surface area contributed by atoms with Gasteiger partial charge in [0, 0.05) is 22.0 Å². The van der Waals surface area contributed by atoms with Gasteiger partial charge in [-0.15, -0.1) is 0 Å². The van der Waals surface area contributed by atoms with E-state index >= 15 is 0 Å². The third kappa shape index (κ3) is 4.85. The number of hydrogen-bond acceptors (Lipinski definition) is 1. The third-order valence-corrected chi connectivity index (χ3v) is 3.24. The molecule has 0 aromatic heterocycles. The van der Waals surface area contributed by atoms with Gasteiger partial charge in [-0.1, -0.05) is 27.5 Å². The molecule has 0 spiro atoms. The Morgan fingerprint density at radius 3 is 2.59 bits per heavy atom. The predicted octanol–water partition coefficient (Wildman–Crippen LogP) is 4.71. The second kappa shape index (κ2) is 6.07. The number of halogens is 5. The van der Waals surface area contributed by atoms with Gasteiger partial charge < -0.3 is 5.32 Å². The van der Waals surface area contributed by atoms with Crippen molar-refractivity contribution in [2.45, 2.75) is 25.1 Å². The first-order valence-electron chi connectivity index (χ1n) is 5.02. The molecule has 0 amide bonds. The lowest BCUT2D eigenvalue weighted by Crippen LogP contribution is -2.20. The Labute approximate surface area is 111 Å². The molecule has 1 aromatic carbocycles. The van der Waals surface area contributed by atoms with Crippen molar-refractivity contribution in [2.75, 3.05) is 7.05 Å². The molecule has 0 aliphatic rings. The zero-order valence-electron chi connectivity index (χ0n) is 9.11. The van der Waals surface area contributed by atoms with Crippen LogP contribution < -0.4 is 5.32 Å². The lowest BCUT2D eigenvalue weighted by atomic mass is 10.0. The van der Waals surface area contributed by atoms with Gasteiger partial charge in [0.15, 0.2) is 0 Å². The zero-order chi connectivity index (χ0) is 13.1. The smallest absolute Gasteiger partial charge is 0.313 e. The number of nitrogens with one attached hydrogen (secondary N) is 1. The van der Waals surface area contributed by atoms with Crippen LogP contribution in [0.2, 0.25) is 5.02 Å². The van der Waals surface area contributed by atoms with Crippen molar-refractivity contribution in [3.8, 4) is 0 Å². The fraction of sp³-hybridized carbons (Fsp3) is 0.455. The summed E-state index contributed by atoms with van der Waals surface area (Å²) < 4.78 is 37.3. The minimum Gasteiger partial charge on any atom is -0.313 e. The Bertz CT molecular complexity index is 381. The molecule has 0 fully saturated rings. The highest BCUT2D eigenvalue weighted by molar-refractivity contribution is 9.10. The Balaban J connectivity index is 2.82. The Morgan fingerprint density at radius 1 is 1.41 bits per heavy atom. The summed E-state index contributed by atoms with van der Waals surface area (Å²) in [5.41, 5.74) is 0.674. The van der Waals surface area contributed by atoms with E-state index in [2.05, 4.69) is 21.2 Å². The van der Waals surface area contributed by atoms with Crippen molar-refractivity contribution >= 4 is 27.5 Å². The summed E-state index contributed by atoms with van der Waals surface area (Å²) in [6, 6.07) is 4.75. The van der Waals surface area contributed by atoms with E-state index in [1.165, 1.54) is 0 Å². The zero-order valence-corrected chi connectivity index (χ0v) is 11.5. The van der Waals surface area contributed by atoms with Crippen LogP contribution >= 0.6 is 27.5 Å². The Hall–Kier alpha value is -0.260. The van der Waals surface area contributed by atoms with Crippen LogP contribution in [0.25, 0.3) is 0 Å². The van der Waals surface area contributed by atoms with Crippen LogP contribution in [-0.2, 0) is 0 Å². The van der Waals surface area contributed by atoms with Crippen LogP contribution in [0.4, 0.5) is 13.2 Å². The normalized spacial score (nSPS) is 13.8. The summed E-state index contributed by atoms with van der Waals surface area (Å²) in [6.07, 6.45) is -5.01. The first-order valence-corrected chi connectivity index (χ1v) is 6.19. The van der Waals surface area contributed by atoms with Crippen LogP contribution in [0.1, 0.15) is 24.4 Å². The van der Waals surface area contributed by atoms with Crippen molar-refractivity contribution in [1.29, 1.82) is 0 Å². The molecule has 6 heteroatoms. The molecule has 1 unspecified atom stereocenters. The van der Waals surface area contributed by atoms with E-state index in [1.54, 1.807) is 25.2 Å². The summed E-state index contributed by atoms with van der Waals surface area (Å²) in [6.45, 7) is 0. The molecular formula is C11H12BrClF3N. The average Bonchev–Trinajstić information content (AvgIpc) is 2.22. The van der Waals surface area contributed by atoms with Crippen molar-refractivity contribution < 1.29 is 13.2 Å². The van der Waals surface area contributed by atoms with E-state index in [0.717, 1.165) is 4.47 Å². The molecule has 0 saturated carbocycles. The van der Waals surface area contributed by atoms with Crippen LogP contribution in [0.15, 0.2) is 22.7 Å². The van der Waals surface area contributed by atoms with Crippen LogP contribution in [-0.4, -0.2) is 13.2 Å². The minimum atomic E-state index is -4.15. The van der Waals surface area contributed by atoms with Gasteiger partial charge in [-0.05, 0) is 37.2 Å². The molecule has 96 valence electrons. The summed E-state index contributed by atoms with van der Waals surface area (Å²) in [5, 5.41) is 3.32. The van der Waals surface area contributed by atoms with E-state index in [-0.39, 0.29) is 6.42 Å². The molecule has 0 saturated heterocycles. The second-order valence-electron chi connectivity index (χ2n) is 3.66. The SMILES string of the molecule is CNC(CCC(F)(F)F)c1cc(Br)ccc1Cl. The first-order chi connectivity index (χ1) is 7.83. The summed E-state index contributed by atoms with van der Waals surface area (Å²) >= 11 is 9.25. The van der Waals surface area contributed by atoms with E-state index in [4.69, 9.17) is 11.6 Å². The molecule has 17 heavy (non-hydrogen) atoms. The maximum Gasteiger partial charge on any atom is 0.389 e. The highest BCUT2D eigenvalue weighted by Crippen LogP contribution is 2.32. The topological polar surface area (TPSA) is 12.0 Å². The van der Waals surface area contributed by atoms with E-state index in [0.29, 0.717) is 10.6 Å². The quantitative estimate of drug-likeness (QED) is 0.843. The van der Waals surface area contributed by atoms with E-state index < -0.39 is 18.6 Å². The first kappa shape index (κ1) is 14.8.